The van der Waals surface area contributed by atoms with E-state index in [2.05, 4.69) is 209 Å². The highest BCUT2D eigenvalue weighted by Crippen LogP contribution is 2.58. The van der Waals surface area contributed by atoms with E-state index >= 15 is 0 Å². The minimum atomic E-state index is -0.194. The van der Waals surface area contributed by atoms with E-state index in [4.69, 9.17) is 0 Å². The zero-order valence-corrected chi connectivity index (χ0v) is 34.9. The number of rotatable bonds is 3. The second-order valence-corrected chi connectivity index (χ2v) is 19.7. The van der Waals surface area contributed by atoms with Crippen LogP contribution in [-0.2, 0) is 16.2 Å². The summed E-state index contributed by atoms with van der Waals surface area (Å²) in [5.41, 5.74) is 21.2. The molecule has 54 heavy (non-hydrogen) atoms. The van der Waals surface area contributed by atoms with Crippen LogP contribution in [0, 0.1) is 12.3 Å². The van der Waals surface area contributed by atoms with Gasteiger partial charge < -0.3 is 9.80 Å². The second-order valence-electron chi connectivity index (χ2n) is 19.7. The first-order valence-corrected chi connectivity index (χ1v) is 19.9. The number of hydrogen-bond acceptors (Lipinski definition) is 2. The van der Waals surface area contributed by atoms with Crippen molar-refractivity contribution >= 4 is 51.6 Å². The Bertz CT molecular complexity index is 2350. The van der Waals surface area contributed by atoms with Crippen LogP contribution in [0.5, 0.6) is 0 Å². The standard InChI is InChI=1S/C51H57BN2/c1-32-29-42-45-43(30-32)54(39-26-21-36(22-27-39)49(6,7)8)46-44(34-17-15-14-16-18-34)33(2)51(12,13)47(46)52(45)40-31-37(50(9,10)11)23-28-41(40)53(42)38-24-19-35(20-25-38)48(3,4)5/h14-31H,1-13H3. The minimum absolute atomic E-state index is 0.00583. The van der Waals surface area contributed by atoms with Crippen LogP contribution in [0.1, 0.15) is 111 Å². The molecule has 0 atom stereocenters. The highest BCUT2D eigenvalue weighted by Gasteiger charge is 2.53. The summed E-state index contributed by atoms with van der Waals surface area (Å²) in [4.78, 5) is 5.19. The molecule has 0 bridgehead atoms. The lowest BCUT2D eigenvalue weighted by atomic mass is 9.30. The Balaban J connectivity index is 1.49. The van der Waals surface area contributed by atoms with Crippen LogP contribution in [0.2, 0.25) is 0 Å². The molecule has 0 amide bonds. The maximum Gasteiger partial charge on any atom is 0.248 e. The lowest BCUT2D eigenvalue weighted by Gasteiger charge is -2.47. The average molecular weight is 709 g/mol. The first kappa shape index (κ1) is 36.2. The average Bonchev–Trinajstić information content (AvgIpc) is 3.31. The van der Waals surface area contributed by atoms with Gasteiger partial charge in [-0.3, -0.25) is 0 Å². The van der Waals surface area contributed by atoms with Gasteiger partial charge in [0.1, 0.15) is 0 Å². The first-order chi connectivity index (χ1) is 25.3. The van der Waals surface area contributed by atoms with E-state index in [0.29, 0.717) is 0 Å². The number of allylic oxidation sites excluding steroid dienone is 3. The number of benzene rings is 5. The van der Waals surface area contributed by atoms with E-state index in [1.54, 1.807) is 0 Å². The Morgan fingerprint density at radius 1 is 0.519 bits per heavy atom. The molecule has 2 nitrogen and oxygen atoms in total. The van der Waals surface area contributed by atoms with E-state index in [1.165, 1.54) is 89.5 Å². The van der Waals surface area contributed by atoms with Crippen molar-refractivity contribution in [2.75, 3.05) is 9.80 Å². The molecule has 2 aliphatic heterocycles. The van der Waals surface area contributed by atoms with E-state index < -0.39 is 0 Å². The fourth-order valence-electron chi connectivity index (χ4n) is 9.16. The first-order valence-electron chi connectivity index (χ1n) is 19.9. The fourth-order valence-corrected chi connectivity index (χ4v) is 9.16. The van der Waals surface area contributed by atoms with Gasteiger partial charge >= 0.3 is 0 Å². The molecule has 0 aromatic heterocycles. The summed E-state index contributed by atoms with van der Waals surface area (Å²) in [6, 6.07) is 42.1. The van der Waals surface area contributed by atoms with Gasteiger partial charge in [0.15, 0.2) is 0 Å². The van der Waals surface area contributed by atoms with Crippen molar-refractivity contribution in [3.8, 4) is 0 Å². The number of aryl methyl sites for hydroxylation is 1. The third kappa shape index (κ3) is 5.61. The van der Waals surface area contributed by atoms with Gasteiger partial charge in [-0.05, 0) is 111 Å². The van der Waals surface area contributed by atoms with Crippen LogP contribution in [0.15, 0.2) is 126 Å². The van der Waals surface area contributed by atoms with Crippen molar-refractivity contribution in [3.63, 3.8) is 0 Å². The Hall–Kier alpha value is -4.76. The lowest BCUT2D eigenvalue weighted by Crippen LogP contribution is -2.58. The van der Waals surface area contributed by atoms with Crippen molar-refractivity contribution in [2.45, 2.75) is 106 Å². The Morgan fingerprint density at radius 2 is 1.00 bits per heavy atom. The lowest BCUT2D eigenvalue weighted by molar-refractivity contribution is 0.574. The van der Waals surface area contributed by atoms with Gasteiger partial charge in [0.25, 0.3) is 0 Å². The molecule has 0 fully saturated rings. The van der Waals surface area contributed by atoms with Crippen LogP contribution in [-0.4, -0.2) is 6.71 Å². The maximum atomic E-state index is 2.63. The molecule has 0 unspecified atom stereocenters. The number of fused-ring (bicyclic) bond motifs is 3. The maximum absolute atomic E-state index is 2.63. The third-order valence-electron chi connectivity index (χ3n) is 12.5. The number of nitrogens with zero attached hydrogens (tertiary/aromatic N) is 2. The van der Waals surface area contributed by atoms with Crippen LogP contribution < -0.4 is 20.7 Å². The highest BCUT2D eigenvalue weighted by molar-refractivity contribution is 6.95. The topological polar surface area (TPSA) is 6.48 Å². The molecule has 3 heteroatoms. The molecule has 0 radical (unpaired) electrons. The van der Waals surface area contributed by atoms with Crippen molar-refractivity contribution in [1.82, 2.24) is 0 Å². The molecular formula is C51H57BN2. The van der Waals surface area contributed by atoms with Gasteiger partial charge in [0.2, 0.25) is 6.71 Å². The summed E-state index contributed by atoms with van der Waals surface area (Å²) in [7, 11) is 0. The van der Waals surface area contributed by atoms with Crippen molar-refractivity contribution in [2.24, 2.45) is 5.41 Å². The molecule has 0 N–H and O–H groups in total. The Labute approximate surface area is 325 Å². The van der Waals surface area contributed by atoms with Gasteiger partial charge in [-0.25, -0.2) is 0 Å². The largest absolute Gasteiger partial charge is 0.311 e. The normalized spacial score (nSPS) is 16.5. The molecule has 0 saturated heterocycles. The van der Waals surface area contributed by atoms with Gasteiger partial charge in [0.05, 0.1) is 0 Å². The SMILES string of the molecule is CC1=C(c2ccccc2)C2=C(B3c4cc(C(C)(C)C)ccc4N(c4ccc(C(C)(C)C)cc4)c4cc(C)cc(c43)N2c2ccc(C(C)(C)C)cc2)C1(C)C. The second kappa shape index (κ2) is 12.1. The van der Waals surface area contributed by atoms with Crippen LogP contribution >= 0.6 is 0 Å². The zero-order valence-electron chi connectivity index (χ0n) is 34.9. The van der Waals surface area contributed by atoms with Gasteiger partial charge in [-0.1, -0.05) is 154 Å². The Morgan fingerprint density at radius 3 is 1.52 bits per heavy atom. The Kier molecular flexibility index (Phi) is 8.13. The van der Waals surface area contributed by atoms with Crippen LogP contribution in [0.25, 0.3) is 5.57 Å². The quantitative estimate of drug-likeness (QED) is 0.172. The van der Waals surface area contributed by atoms with E-state index in [1.807, 2.05) is 0 Å². The molecule has 5 aromatic carbocycles. The minimum Gasteiger partial charge on any atom is -0.311 e. The van der Waals surface area contributed by atoms with E-state index in [0.717, 1.165) is 0 Å². The third-order valence-corrected chi connectivity index (χ3v) is 12.5. The monoisotopic (exact) mass is 708 g/mol. The summed E-state index contributed by atoms with van der Waals surface area (Å²) < 4.78 is 0. The summed E-state index contributed by atoms with van der Waals surface area (Å²) in [5.74, 6) is 0. The number of anilines is 5. The van der Waals surface area contributed by atoms with E-state index in [-0.39, 0.29) is 28.4 Å². The highest BCUT2D eigenvalue weighted by atomic mass is 15.2. The molecule has 274 valence electrons. The predicted molar refractivity (Wildman–Crippen MR) is 235 cm³/mol. The van der Waals surface area contributed by atoms with Crippen molar-refractivity contribution in [3.05, 3.63) is 154 Å². The summed E-state index contributed by atoms with van der Waals surface area (Å²) in [6.45, 7) is 30.5. The van der Waals surface area contributed by atoms with E-state index in [9.17, 15) is 0 Å². The molecule has 0 spiro atoms. The van der Waals surface area contributed by atoms with Crippen LogP contribution in [0.4, 0.5) is 28.4 Å². The summed E-state index contributed by atoms with van der Waals surface area (Å²) in [5, 5.41) is 0. The van der Waals surface area contributed by atoms with Gasteiger partial charge in [-0.15, -0.1) is 0 Å². The van der Waals surface area contributed by atoms with Gasteiger partial charge in [-0.2, -0.15) is 0 Å². The molecule has 3 aliphatic rings. The molecule has 0 saturated carbocycles. The fraction of sp³-hybridized carbons (Fsp3) is 0.333. The summed E-state index contributed by atoms with van der Waals surface area (Å²) in [6.07, 6.45) is 0. The van der Waals surface area contributed by atoms with Crippen molar-refractivity contribution < 1.29 is 0 Å². The molecule has 5 aromatic rings. The number of hydrogen-bond donors (Lipinski definition) is 0. The van der Waals surface area contributed by atoms with Crippen molar-refractivity contribution in [1.29, 1.82) is 0 Å². The molecule has 8 rings (SSSR count). The molecular weight excluding hydrogens is 651 g/mol. The van der Waals surface area contributed by atoms with Gasteiger partial charge in [0, 0.05) is 45.1 Å². The smallest absolute Gasteiger partial charge is 0.248 e. The predicted octanol–water partition coefficient (Wildman–Crippen LogP) is 12.7. The zero-order chi connectivity index (χ0) is 38.7. The molecule has 2 heterocycles. The summed E-state index contributed by atoms with van der Waals surface area (Å²) >= 11 is 0. The van der Waals surface area contributed by atoms with Crippen LogP contribution in [0.3, 0.4) is 0 Å². The molecule has 1 aliphatic carbocycles.